The van der Waals surface area contributed by atoms with Crippen molar-refractivity contribution in [1.29, 1.82) is 0 Å². The lowest BCUT2D eigenvalue weighted by Crippen LogP contribution is -2.33. The number of nitrogens with zero attached hydrogens (tertiary/aromatic N) is 14. The first-order valence-electron chi connectivity index (χ1n) is 43.9. The molecule has 2 saturated heterocycles. The van der Waals surface area contributed by atoms with Crippen LogP contribution in [0.15, 0.2) is 128 Å². The van der Waals surface area contributed by atoms with E-state index in [-0.39, 0.29) is 28.5 Å². The molecule has 0 spiro atoms. The van der Waals surface area contributed by atoms with Gasteiger partial charge in [0.1, 0.15) is 77.6 Å². The third kappa shape index (κ3) is 22.1. The van der Waals surface area contributed by atoms with Gasteiger partial charge < -0.3 is 78.7 Å². The number of hydrogen-bond acceptors (Lipinski definition) is 32. The topological polar surface area (TPSA) is 462 Å². The second-order valence-electron chi connectivity index (χ2n) is 32.6. The van der Waals surface area contributed by atoms with E-state index in [9.17, 15) is 24.0 Å². The number of nitrogen functional groups attached to an aromatic ring is 5. The highest BCUT2D eigenvalue weighted by Gasteiger charge is 2.43. The maximum Gasteiger partial charge on any atom is 0.266 e. The minimum absolute atomic E-state index is 0.0252. The van der Waals surface area contributed by atoms with Crippen LogP contribution in [0, 0.1) is 94.9 Å². The van der Waals surface area contributed by atoms with Crippen LogP contribution in [0.2, 0.25) is 5.15 Å². The molecule has 2 atom stereocenters. The van der Waals surface area contributed by atoms with Crippen molar-refractivity contribution in [3.63, 3.8) is 0 Å². The monoisotopic (exact) mass is 1930 g/mol. The lowest BCUT2D eigenvalue weighted by Gasteiger charge is -2.22. The molecule has 16 aromatic rings. The number of methoxy groups -OCH3 is 3. The van der Waals surface area contributed by atoms with E-state index >= 15 is 0 Å². The Morgan fingerprint density at radius 3 is 1.17 bits per heavy atom. The second kappa shape index (κ2) is 43.1. The van der Waals surface area contributed by atoms with Gasteiger partial charge in [-0.05, 0) is 192 Å². The van der Waals surface area contributed by atoms with Crippen molar-refractivity contribution < 1.29 is 45.7 Å². The van der Waals surface area contributed by atoms with Crippen molar-refractivity contribution in [2.24, 2.45) is 11.8 Å². The average Bonchev–Trinajstić information content (AvgIpc) is 1.61. The normalized spacial score (nSPS) is 13.5. The molecule has 2 fully saturated rings. The van der Waals surface area contributed by atoms with E-state index in [0.29, 0.717) is 140 Å². The zero-order chi connectivity index (χ0) is 98.1. The van der Waals surface area contributed by atoms with Gasteiger partial charge >= 0.3 is 0 Å². The van der Waals surface area contributed by atoms with Crippen LogP contribution in [0.25, 0.3) is 62.2 Å². The maximum atomic E-state index is 13.2. The third-order valence-electron chi connectivity index (χ3n) is 23.6. The number of carbonyl (C=O) groups is 5. The van der Waals surface area contributed by atoms with E-state index in [1.54, 1.807) is 44.7 Å². The minimum atomic E-state index is -2.07. The highest BCUT2D eigenvalue weighted by Crippen LogP contribution is 2.43. The van der Waals surface area contributed by atoms with E-state index < -0.39 is 12.4 Å². The lowest BCUT2D eigenvalue weighted by molar-refractivity contribution is 0.0787. The maximum absolute atomic E-state index is 13.2. The van der Waals surface area contributed by atoms with Gasteiger partial charge in [-0.3, -0.25) is 24.0 Å². The average molecular weight is 1930 g/mol. The predicted octanol–water partition coefficient (Wildman–Crippen LogP) is 16.3. The SMILES string of the molecule is COCCOc1ccc(CNC(=O)c2sc3nnc(C)c(C)c3c2N)cc1.COCc1ccc(CNC(=O)c2sc3nnc(C)c(C)c3c2N)cc1.Cc1cc(-c2ccc(CNC(=O)c3sc4nnc(C)c(C)c4c3N)cc2)cnc1Cl.Cc1cccc(N2CC3CN(C(=O)c4sc5nnc(C)c(C)c5c4N)CC3C2)n1.[2H]C([2H])(NC(=O)c1sc2nnc(C)c(C)c2c1N)c1ccc(OC)cc1. The summed E-state index contributed by atoms with van der Waals surface area (Å²) in [6, 6.07) is 38.0. The molecule has 135 heavy (non-hydrogen) atoms. The smallest absolute Gasteiger partial charge is 0.266 e. The first-order valence-corrected chi connectivity index (χ1v) is 47.4. The molecule has 14 heterocycles. The molecule has 4 aromatic carbocycles. The van der Waals surface area contributed by atoms with Crippen LogP contribution >= 0.6 is 68.3 Å². The van der Waals surface area contributed by atoms with Gasteiger partial charge in [-0.1, -0.05) is 90.5 Å². The molecule has 12 aromatic heterocycles. The number of thiophene rings is 5. The molecule has 5 amide bonds. The number of fused-ring (bicyclic) bond motifs is 6. The fraction of sp³-hybridized carbons (Fsp3) is 0.289. The number of aryl methyl sites for hydroxylation is 12. The first kappa shape index (κ1) is 94.5. The van der Waals surface area contributed by atoms with E-state index in [0.717, 1.165) is 176 Å². The predicted molar refractivity (Wildman–Crippen MR) is 539 cm³/mol. The van der Waals surface area contributed by atoms with E-state index in [2.05, 4.69) is 99.3 Å². The summed E-state index contributed by atoms with van der Waals surface area (Å²) >= 11 is 12.3. The van der Waals surface area contributed by atoms with Crippen molar-refractivity contribution in [1.82, 2.24) is 87.1 Å². The van der Waals surface area contributed by atoms with Crippen LogP contribution in [-0.2, 0) is 42.2 Å². The summed E-state index contributed by atoms with van der Waals surface area (Å²) in [4.78, 5) is 82.4. The van der Waals surface area contributed by atoms with Crippen molar-refractivity contribution in [2.45, 2.75) is 116 Å². The summed E-state index contributed by atoms with van der Waals surface area (Å²) in [5.74, 6) is 2.16. The molecule has 38 heteroatoms. The number of halogens is 1. The number of benzene rings is 4. The molecule has 0 bridgehead atoms. The van der Waals surface area contributed by atoms with Crippen molar-refractivity contribution in [3.8, 4) is 22.6 Å². The largest absolute Gasteiger partial charge is 0.497 e. The number of ether oxygens (including phenoxy) is 4. The molecule has 2 aliphatic heterocycles. The van der Waals surface area contributed by atoms with E-state index in [1.807, 2.05) is 173 Å². The van der Waals surface area contributed by atoms with Gasteiger partial charge in [0.25, 0.3) is 29.5 Å². The zero-order valence-corrected chi connectivity index (χ0v) is 81.9. The lowest BCUT2D eigenvalue weighted by atomic mass is 10.0. The Bertz CT molecular complexity index is 7210. The fourth-order valence-electron chi connectivity index (χ4n) is 15.3. The number of nitrogens with one attached hydrogen (secondary N) is 4. The summed E-state index contributed by atoms with van der Waals surface area (Å²) in [6.45, 7) is 27.2. The third-order valence-corrected chi connectivity index (χ3v) is 29.4. The van der Waals surface area contributed by atoms with Crippen LogP contribution in [0.5, 0.6) is 11.5 Å². The summed E-state index contributed by atoms with van der Waals surface area (Å²) in [5.41, 5.74) is 50.6. The second-order valence-corrected chi connectivity index (χ2v) is 37.9. The van der Waals surface area contributed by atoms with E-state index in [1.165, 1.54) is 52.5 Å². The Morgan fingerprint density at radius 1 is 0.422 bits per heavy atom. The molecule has 2 aliphatic rings. The molecule has 32 nitrogen and oxygen atoms in total. The Labute approximate surface area is 807 Å². The quantitative estimate of drug-likeness (QED) is 0.0225. The molecule has 14 N–H and O–H groups in total. The van der Waals surface area contributed by atoms with Crippen LogP contribution in [0.4, 0.5) is 34.3 Å². The summed E-state index contributed by atoms with van der Waals surface area (Å²) in [6.07, 6.45) is 1.75. The van der Waals surface area contributed by atoms with Crippen LogP contribution in [0.3, 0.4) is 0 Å². The molecule has 18 rings (SSSR count). The van der Waals surface area contributed by atoms with Gasteiger partial charge in [-0.25, -0.2) is 9.97 Å². The van der Waals surface area contributed by atoms with Crippen molar-refractivity contribution in [2.75, 3.05) is 94.3 Å². The Hall–Kier alpha value is -13.7. The Kier molecular flexibility index (Phi) is 30.2. The van der Waals surface area contributed by atoms with Gasteiger partial charge in [-0.15, -0.1) is 82.2 Å². The van der Waals surface area contributed by atoms with Crippen LogP contribution in [0.1, 0.15) is 146 Å². The number of aromatic nitrogens is 12. The van der Waals surface area contributed by atoms with Crippen molar-refractivity contribution >= 4 is 183 Å². The highest BCUT2D eigenvalue weighted by molar-refractivity contribution is 7.23. The molecule has 0 saturated carbocycles. The Morgan fingerprint density at radius 2 is 0.785 bits per heavy atom. The fourth-order valence-corrected chi connectivity index (χ4v) is 20.5. The molecule has 2 unspecified atom stereocenters. The summed E-state index contributed by atoms with van der Waals surface area (Å²) < 4.78 is 37.0. The number of anilines is 6. The van der Waals surface area contributed by atoms with Gasteiger partial charge in [0.2, 0.25) is 0 Å². The minimum Gasteiger partial charge on any atom is -0.497 e. The summed E-state index contributed by atoms with van der Waals surface area (Å²) in [5, 5.41) is 57.0. The standard InChI is InChI=1S/C22H20ClN5OS.C21H24N6OS.C19H22N4O3S.C18H20N4O2S.C17H18N4O2S/c1-11-8-16(10-25-20(11)23)15-6-4-14(5-7-15)9-26-21(29)19-18(24)17-12(2)13(3)27-28-22(17)30-19;1-11-5-4-6-16(23-11)26-7-14-9-27(10-15(14)8-26)21(28)19-18(22)17-12(2)13(3)24-25-20(17)29-19;1-11-12(2)22-23-19-15(11)16(20)17(27-19)18(24)21-10-13-4-6-14(7-5-13)26-9-8-25-3;1-10-11(2)21-22-18-14(10)15(19)16(25-18)17(23)20-8-12-4-6-13(7-5-12)9-24-3;1-9-10(2)20-21-17-13(9)14(18)15(24-17)16(22)19-8-11-4-6-12(23-3)7-5-11/h4-8,10H,9,24H2,1-3H3,(H,26,29);4-6,14-15H,7-10,22H2,1-3H3;4-7H,8-10,20H2,1-3H3,(H,21,24);4-7H,8-9,19H2,1-3H3,(H,20,23);4-7H,8,18H2,1-3H3,(H,19,22)/i;;;;8D2. The number of carbonyl (C=O) groups excluding carboxylic acids is 5. The number of pyridine rings is 2. The van der Waals surface area contributed by atoms with E-state index in [4.69, 9.17) is 62.0 Å². The molecular weight excluding hydrogens is 1830 g/mol. The van der Waals surface area contributed by atoms with Gasteiger partial charge in [0.15, 0.2) is 0 Å². The van der Waals surface area contributed by atoms with Crippen LogP contribution < -0.4 is 64.3 Å². The molecule has 698 valence electrons. The molecule has 0 aliphatic carbocycles. The summed E-state index contributed by atoms with van der Waals surface area (Å²) in [7, 11) is 4.83. The number of hydrogen-bond donors (Lipinski definition) is 9. The van der Waals surface area contributed by atoms with Gasteiger partial charge in [0, 0.05) is 123 Å². The molecular formula is C97H104ClN23O9S5. The van der Waals surface area contributed by atoms with Gasteiger partial charge in [0.05, 0.1) is 80.0 Å². The number of nitrogens with two attached hydrogens (primary N) is 5. The number of rotatable bonds is 22. The van der Waals surface area contributed by atoms with Crippen LogP contribution in [-0.4, -0.2) is 156 Å². The number of likely N-dealkylation sites (tertiary alicyclic amines) is 1. The first-order chi connectivity index (χ1) is 65.5. The number of amides is 5. The Balaban J connectivity index is 0.000000137. The molecule has 0 radical (unpaired) electrons. The highest BCUT2D eigenvalue weighted by atomic mass is 35.5. The van der Waals surface area contributed by atoms with Crippen molar-refractivity contribution in [3.05, 3.63) is 252 Å². The zero-order valence-electron chi connectivity index (χ0n) is 79.1. The van der Waals surface area contributed by atoms with Gasteiger partial charge in [-0.2, -0.15) is 25.5 Å².